The SMILES string of the molecule is CCCCCCCCCCCCCCCC(=O)OC(C)[N+](C)(C)C. The molecule has 0 aromatic rings. The van der Waals surface area contributed by atoms with E-state index in [-0.39, 0.29) is 12.2 Å². The molecule has 0 aliphatic heterocycles. The van der Waals surface area contributed by atoms with Crippen LogP contribution in [0.15, 0.2) is 0 Å². The second-order valence-electron chi connectivity index (χ2n) is 8.20. The van der Waals surface area contributed by atoms with E-state index in [1.807, 2.05) is 28.1 Å². The fraction of sp³-hybridized carbons (Fsp3) is 0.952. The predicted octanol–water partition coefficient (Wildman–Crippen LogP) is 6.06. The number of ether oxygens (including phenoxy) is 1. The summed E-state index contributed by atoms with van der Waals surface area (Å²) in [7, 11) is 6.13. The van der Waals surface area contributed by atoms with Gasteiger partial charge >= 0.3 is 5.97 Å². The third kappa shape index (κ3) is 15.0. The van der Waals surface area contributed by atoms with Gasteiger partial charge in [-0.05, 0) is 6.42 Å². The largest absolute Gasteiger partial charge is 0.413 e. The molecule has 0 spiro atoms. The summed E-state index contributed by atoms with van der Waals surface area (Å²) in [6, 6.07) is 0. The fourth-order valence-corrected chi connectivity index (χ4v) is 2.69. The van der Waals surface area contributed by atoms with Crippen LogP contribution in [0.5, 0.6) is 0 Å². The van der Waals surface area contributed by atoms with Crippen molar-refractivity contribution in [2.45, 2.75) is 110 Å². The molecule has 1 atom stereocenters. The van der Waals surface area contributed by atoms with E-state index in [1.54, 1.807) is 0 Å². The molecule has 3 nitrogen and oxygen atoms in total. The van der Waals surface area contributed by atoms with Crippen molar-refractivity contribution >= 4 is 5.97 Å². The first-order chi connectivity index (χ1) is 11.4. The molecule has 0 N–H and O–H groups in total. The smallest absolute Gasteiger partial charge is 0.310 e. The molecule has 0 aromatic carbocycles. The second-order valence-corrected chi connectivity index (χ2v) is 8.20. The van der Waals surface area contributed by atoms with E-state index in [9.17, 15) is 4.79 Å². The van der Waals surface area contributed by atoms with E-state index < -0.39 is 0 Å². The Bertz CT molecular complexity index is 297. The van der Waals surface area contributed by atoms with Crippen LogP contribution in [-0.2, 0) is 9.53 Å². The van der Waals surface area contributed by atoms with Gasteiger partial charge in [0.25, 0.3) is 0 Å². The monoisotopic (exact) mass is 342 g/mol. The molecule has 0 aliphatic carbocycles. The van der Waals surface area contributed by atoms with Gasteiger partial charge in [0.1, 0.15) is 0 Å². The third-order valence-electron chi connectivity index (χ3n) is 4.88. The van der Waals surface area contributed by atoms with Crippen LogP contribution in [0.25, 0.3) is 0 Å². The Hall–Kier alpha value is -0.570. The summed E-state index contributed by atoms with van der Waals surface area (Å²) in [5.74, 6) is -0.0429. The van der Waals surface area contributed by atoms with Gasteiger partial charge in [-0.3, -0.25) is 9.28 Å². The first-order valence-electron chi connectivity index (χ1n) is 10.4. The zero-order valence-corrected chi connectivity index (χ0v) is 17.2. The van der Waals surface area contributed by atoms with E-state index in [1.165, 1.54) is 70.6 Å². The van der Waals surface area contributed by atoms with Crippen molar-refractivity contribution in [3.63, 3.8) is 0 Å². The van der Waals surface area contributed by atoms with E-state index in [0.717, 1.165) is 12.8 Å². The van der Waals surface area contributed by atoms with Gasteiger partial charge in [-0.1, -0.05) is 84.0 Å². The number of carbonyl (C=O) groups excluding carboxylic acids is 1. The van der Waals surface area contributed by atoms with Crippen LogP contribution in [-0.4, -0.2) is 37.8 Å². The number of esters is 1. The van der Waals surface area contributed by atoms with Gasteiger partial charge in [0.15, 0.2) is 0 Å². The molecule has 0 bridgehead atoms. The summed E-state index contributed by atoms with van der Waals surface area (Å²) in [5.41, 5.74) is 0. The number of nitrogens with zero attached hydrogens (tertiary/aromatic N) is 1. The second kappa shape index (κ2) is 14.7. The Morgan fingerprint density at radius 3 is 1.50 bits per heavy atom. The highest BCUT2D eigenvalue weighted by atomic mass is 16.6. The summed E-state index contributed by atoms with van der Waals surface area (Å²) < 4.78 is 6.11. The van der Waals surface area contributed by atoms with Gasteiger partial charge in [0.2, 0.25) is 6.23 Å². The number of hydrogen-bond donors (Lipinski definition) is 0. The lowest BCUT2D eigenvalue weighted by atomic mass is 10.0. The minimum atomic E-state index is -0.0699. The van der Waals surface area contributed by atoms with Gasteiger partial charge in [0, 0.05) is 13.3 Å². The van der Waals surface area contributed by atoms with Crippen molar-refractivity contribution in [2.24, 2.45) is 0 Å². The molecule has 144 valence electrons. The van der Waals surface area contributed by atoms with Crippen LogP contribution >= 0.6 is 0 Å². The maximum absolute atomic E-state index is 11.8. The maximum Gasteiger partial charge on any atom is 0.310 e. The topological polar surface area (TPSA) is 26.3 Å². The number of carbonyl (C=O) groups is 1. The van der Waals surface area contributed by atoms with Crippen LogP contribution in [0.4, 0.5) is 0 Å². The lowest BCUT2D eigenvalue weighted by molar-refractivity contribution is -0.914. The van der Waals surface area contributed by atoms with Crippen molar-refractivity contribution in [1.82, 2.24) is 0 Å². The van der Waals surface area contributed by atoms with Gasteiger partial charge in [0.05, 0.1) is 21.1 Å². The summed E-state index contributed by atoms with van der Waals surface area (Å²) >= 11 is 0. The van der Waals surface area contributed by atoms with Crippen molar-refractivity contribution in [3.8, 4) is 0 Å². The van der Waals surface area contributed by atoms with Crippen LogP contribution in [0, 0.1) is 0 Å². The third-order valence-corrected chi connectivity index (χ3v) is 4.88. The van der Waals surface area contributed by atoms with Crippen molar-refractivity contribution in [1.29, 1.82) is 0 Å². The minimum absolute atomic E-state index is 0.0429. The number of hydrogen-bond acceptors (Lipinski definition) is 2. The maximum atomic E-state index is 11.8. The lowest BCUT2D eigenvalue weighted by Crippen LogP contribution is -2.45. The van der Waals surface area contributed by atoms with E-state index in [2.05, 4.69) is 6.92 Å². The molecule has 0 amide bonds. The lowest BCUT2D eigenvalue weighted by Gasteiger charge is -2.30. The summed E-state index contributed by atoms with van der Waals surface area (Å²) in [5, 5.41) is 0. The highest BCUT2D eigenvalue weighted by Crippen LogP contribution is 2.13. The zero-order valence-electron chi connectivity index (χ0n) is 17.2. The molecule has 0 aromatic heterocycles. The Balaban J connectivity index is 3.29. The van der Waals surface area contributed by atoms with Gasteiger partial charge < -0.3 is 4.74 Å². The van der Waals surface area contributed by atoms with Crippen LogP contribution in [0.3, 0.4) is 0 Å². The molecular weight excluding hydrogens is 298 g/mol. The molecule has 1 unspecified atom stereocenters. The quantitative estimate of drug-likeness (QED) is 0.147. The standard InChI is InChI=1S/C21H44NO2/c1-6-7-8-9-10-11-12-13-14-15-16-17-18-19-21(23)24-20(2)22(3,4)5/h20H,6-19H2,1-5H3/q+1. The first-order valence-corrected chi connectivity index (χ1v) is 10.4. The fourth-order valence-electron chi connectivity index (χ4n) is 2.69. The summed E-state index contributed by atoms with van der Waals surface area (Å²) in [4.78, 5) is 11.8. The van der Waals surface area contributed by atoms with Crippen LogP contribution in [0.2, 0.25) is 0 Å². The first kappa shape index (κ1) is 23.4. The zero-order chi connectivity index (χ0) is 18.3. The average molecular weight is 343 g/mol. The summed E-state index contributed by atoms with van der Waals surface area (Å²) in [6.45, 7) is 4.23. The summed E-state index contributed by atoms with van der Waals surface area (Å²) in [6.07, 6.45) is 17.8. The number of quaternary nitrogens is 1. The molecular formula is C21H44NO2+. The number of unbranched alkanes of at least 4 members (excludes halogenated alkanes) is 12. The predicted molar refractivity (Wildman–Crippen MR) is 104 cm³/mol. The highest BCUT2D eigenvalue weighted by Gasteiger charge is 2.21. The molecule has 0 rings (SSSR count). The average Bonchev–Trinajstić information content (AvgIpc) is 2.51. The van der Waals surface area contributed by atoms with Crippen molar-refractivity contribution in [2.75, 3.05) is 21.1 Å². The molecule has 3 heteroatoms. The van der Waals surface area contributed by atoms with Crippen molar-refractivity contribution < 1.29 is 14.0 Å². The number of rotatable bonds is 16. The van der Waals surface area contributed by atoms with Crippen molar-refractivity contribution in [3.05, 3.63) is 0 Å². The normalized spacial score (nSPS) is 13.0. The van der Waals surface area contributed by atoms with Gasteiger partial charge in [-0.25, -0.2) is 0 Å². The van der Waals surface area contributed by atoms with Crippen LogP contribution < -0.4 is 0 Å². The van der Waals surface area contributed by atoms with E-state index in [0.29, 0.717) is 10.9 Å². The van der Waals surface area contributed by atoms with E-state index >= 15 is 0 Å². The molecule has 0 radical (unpaired) electrons. The van der Waals surface area contributed by atoms with Crippen LogP contribution in [0.1, 0.15) is 104 Å². The molecule has 0 saturated heterocycles. The Kier molecular flexibility index (Phi) is 14.4. The minimum Gasteiger partial charge on any atom is -0.413 e. The molecule has 24 heavy (non-hydrogen) atoms. The Morgan fingerprint density at radius 1 is 0.750 bits per heavy atom. The molecule has 0 saturated carbocycles. The van der Waals surface area contributed by atoms with Gasteiger partial charge in [-0.2, -0.15) is 0 Å². The highest BCUT2D eigenvalue weighted by molar-refractivity contribution is 5.69. The Morgan fingerprint density at radius 2 is 1.12 bits per heavy atom. The molecule has 0 aliphatic rings. The Labute approximate surface area is 151 Å². The van der Waals surface area contributed by atoms with Gasteiger partial charge in [-0.15, -0.1) is 0 Å². The molecule has 0 fully saturated rings. The molecule has 0 heterocycles. The van der Waals surface area contributed by atoms with E-state index in [4.69, 9.17) is 4.74 Å².